The van der Waals surface area contributed by atoms with Gasteiger partial charge < -0.3 is 4.52 Å². The molecule has 1 aromatic carbocycles. The van der Waals surface area contributed by atoms with Crippen LogP contribution >= 0.6 is 0 Å². The summed E-state index contributed by atoms with van der Waals surface area (Å²) in [5, 5.41) is 4.02. The standard InChI is InChI=1S/C19H21N5O3S/c25-28(26,14-15-5-2-1-3-6-15)24-10-4-7-16(13-24)11-18-22-19(27-23-18)17-12-20-8-9-21-17/h1-3,5-6,8-9,12,16H,4,7,10-11,13-14H2. The van der Waals surface area contributed by atoms with Crippen molar-refractivity contribution in [2.75, 3.05) is 13.1 Å². The van der Waals surface area contributed by atoms with Crippen LogP contribution in [-0.2, 0) is 22.2 Å². The topological polar surface area (TPSA) is 102 Å². The van der Waals surface area contributed by atoms with Crippen molar-refractivity contribution >= 4 is 10.0 Å². The van der Waals surface area contributed by atoms with Crippen molar-refractivity contribution in [2.24, 2.45) is 5.92 Å². The van der Waals surface area contributed by atoms with Crippen LogP contribution in [0.1, 0.15) is 24.2 Å². The number of nitrogens with zero attached hydrogens (tertiary/aromatic N) is 5. The van der Waals surface area contributed by atoms with E-state index in [0.29, 0.717) is 36.9 Å². The second-order valence-corrected chi connectivity index (χ2v) is 8.89. The number of piperidine rings is 1. The van der Waals surface area contributed by atoms with E-state index in [4.69, 9.17) is 4.52 Å². The van der Waals surface area contributed by atoms with Crippen molar-refractivity contribution in [3.05, 3.63) is 60.3 Å². The van der Waals surface area contributed by atoms with Gasteiger partial charge in [0.15, 0.2) is 5.82 Å². The van der Waals surface area contributed by atoms with Gasteiger partial charge >= 0.3 is 0 Å². The van der Waals surface area contributed by atoms with Gasteiger partial charge in [-0.05, 0) is 24.3 Å². The normalized spacial score (nSPS) is 18.2. The highest BCUT2D eigenvalue weighted by molar-refractivity contribution is 7.88. The summed E-state index contributed by atoms with van der Waals surface area (Å²) in [7, 11) is -3.35. The molecule has 2 aromatic heterocycles. The minimum absolute atomic E-state index is 0.0274. The lowest BCUT2D eigenvalue weighted by atomic mass is 9.96. The van der Waals surface area contributed by atoms with Crippen molar-refractivity contribution in [2.45, 2.75) is 25.0 Å². The van der Waals surface area contributed by atoms with E-state index in [1.54, 1.807) is 22.9 Å². The number of hydrogen-bond acceptors (Lipinski definition) is 7. The van der Waals surface area contributed by atoms with E-state index in [2.05, 4.69) is 20.1 Å². The van der Waals surface area contributed by atoms with E-state index in [9.17, 15) is 8.42 Å². The quantitative estimate of drug-likeness (QED) is 0.627. The number of benzene rings is 1. The number of aromatic nitrogens is 4. The Bertz CT molecular complexity index is 1010. The van der Waals surface area contributed by atoms with E-state index >= 15 is 0 Å². The Hall–Kier alpha value is -2.65. The fourth-order valence-corrected chi connectivity index (χ4v) is 5.07. The molecule has 1 aliphatic rings. The third kappa shape index (κ3) is 4.42. The molecule has 4 rings (SSSR count). The van der Waals surface area contributed by atoms with Crippen LogP contribution in [0.2, 0.25) is 0 Å². The molecule has 1 atom stereocenters. The van der Waals surface area contributed by atoms with Gasteiger partial charge in [-0.2, -0.15) is 4.98 Å². The second-order valence-electron chi connectivity index (χ2n) is 6.92. The Balaban J connectivity index is 1.41. The molecule has 1 aliphatic heterocycles. The van der Waals surface area contributed by atoms with Gasteiger partial charge in [-0.3, -0.25) is 4.98 Å². The number of rotatable bonds is 6. The van der Waals surface area contributed by atoms with Crippen LogP contribution in [0, 0.1) is 5.92 Å². The lowest BCUT2D eigenvalue weighted by Gasteiger charge is -2.31. The predicted octanol–water partition coefficient (Wildman–Crippen LogP) is 2.31. The number of sulfonamides is 1. The van der Waals surface area contributed by atoms with Crippen molar-refractivity contribution < 1.29 is 12.9 Å². The highest BCUT2D eigenvalue weighted by Crippen LogP contribution is 2.24. The Morgan fingerprint density at radius 2 is 2.04 bits per heavy atom. The molecule has 0 bridgehead atoms. The second kappa shape index (κ2) is 8.15. The molecule has 3 heterocycles. The average molecular weight is 399 g/mol. The SMILES string of the molecule is O=S(=O)(Cc1ccccc1)N1CCCC(Cc2noc(-c3cnccn3)n2)C1. The maximum absolute atomic E-state index is 12.8. The highest BCUT2D eigenvalue weighted by Gasteiger charge is 2.30. The minimum Gasteiger partial charge on any atom is -0.332 e. The van der Waals surface area contributed by atoms with Gasteiger partial charge in [-0.15, -0.1) is 0 Å². The van der Waals surface area contributed by atoms with Crippen LogP contribution in [-0.4, -0.2) is 45.9 Å². The summed E-state index contributed by atoms with van der Waals surface area (Å²) >= 11 is 0. The monoisotopic (exact) mass is 399 g/mol. The molecule has 0 radical (unpaired) electrons. The van der Waals surface area contributed by atoms with Gasteiger partial charge in [0, 0.05) is 31.9 Å². The lowest BCUT2D eigenvalue weighted by molar-refractivity contribution is 0.261. The smallest absolute Gasteiger partial charge is 0.278 e. The maximum Gasteiger partial charge on any atom is 0.278 e. The molecule has 3 aromatic rings. The molecule has 0 aliphatic carbocycles. The van der Waals surface area contributed by atoms with Crippen LogP contribution in [0.25, 0.3) is 11.6 Å². The summed E-state index contributed by atoms with van der Waals surface area (Å²) in [5.74, 6) is 1.08. The van der Waals surface area contributed by atoms with Crippen LogP contribution in [0.3, 0.4) is 0 Å². The van der Waals surface area contributed by atoms with E-state index in [0.717, 1.165) is 18.4 Å². The predicted molar refractivity (Wildman–Crippen MR) is 102 cm³/mol. The first-order valence-corrected chi connectivity index (χ1v) is 10.8. The van der Waals surface area contributed by atoms with Gasteiger partial charge in [0.2, 0.25) is 10.0 Å². The molecule has 0 amide bonds. The zero-order valence-corrected chi connectivity index (χ0v) is 16.1. The Morgan fingerprint density at radius 3 is 2.82 bits per heavy atom. The Morgan fingerprint density at radius 1 is 1.18 bits per heavy atom. The van der Waals surface area contributed by atoms with Crippen LogP contribution < -0.4 is 0 Å². The molecule has 9 heteroatoms. The molecule has 8 nitrogen and oxygen atoms in total. The van der Waals surface area contributed by atoms with E-state index in [-0.39, 0.29) is 11.7 Å². The Kier molecular flexibility index (Phi) is 5.45. The van der Waals surface area contributed by atoms with Crippen molar-refractivity contribution in [3.63, 3.8) is 0 Å². The molecule has 28 heavy (non-hydrogen) atoms. The van der Waals surface area contributed by atoms with Gasteiger partial charge in [0.1, 0.15) is 5.69 Å². The van der Waals surface area contributed by atoms with E-state index in [1.165, 1.54) is 0 Å². The van der Waals surface area contributed by atoms with Gasteiger partial charge in [0.05, 0.1) is 11.9 Å². The summed E-state index contributed by atoms with van der Waals surface area (Å²) in [4.78, 5) is 12.5. The first-order chi connectivity index (χ1) is 13.6. The fraction of sp³-hybridized carbons (Fsp3) is 0.368. The zero-order chi connectivity index (χ0) is 19.4. The summed E-state index contributed by atoms with van der Waals surface area (Å²) in [6, 6.07) is 9.27. The highest BCUT2D eigenvalue weighted by atomic mass is 32.2. The minimum atomic E-state index is -3.35. The van der Waals surface area contributed by atoms with Crippen LogP contribution in [0.5, 0.6) is 0 Å². The third-order valence-electron chi connectivity index (χ3n) is 4.79. The van der Waals surface area contributed by atoms with E-state index in [1.807, 2.05) is 30.3 Å². The summed E-state index contributed by atoms with van der Waals surface area (Å²) in [5.41, 5.74) is 1.33. The summed E-state index contributed by atoms with van der Waals surface area (Å²) in [6.07, 6.45) is 7.04. The first-order valence-electron chi connectivity index (χ1n) is 9.21. The van der Waals surface area contributed by atoms with Gasteiger partial charge in [-0.25, -0.2) is 17.7 Å². The molecular formula is C19H21N5O3S. The van der Waals surface area contributed by atoms with Crippen molar-refractivity contribution in [1.29, 1.82) is 0 Å². The molecule has 146 valence electrons. The molecule has 0 N–H and O–H groups in total. The van der Waals surface area contributed by atoms with Gasteiger partial charge in [-0.1, -0.05) is 35.5 Å². The largest absolute Gasteiger partial charge is 0.332 e. The lowest BCUT2D eigenvalue weighted by Crippen LogP contribution is -2.41. The van der Waals surface area contributed by atoms with Gasteiger partial charge in [0.25, 0.3) is 5.89 Å². The molecular weight excluding hydrogens is 378 g/mol. The van der Waals surface area contributed by atoms with Crippen molar-refractivity contribution in [3.8, 4) is 11.6 Å². The maximum atomic E-state index is 12.8. The average Bonchev–Trinajstić information content (AvgIpc) is 3.18. The fourth-order valence-electron chi connectivity index (χ4n) is 3.43. The zero-order valence-electron chi connectivity index (χ0n) is 15.3. The third-order valence-corrected chi connectivity index (χ3v) is 6.61. The first kappa shape index (κ1) is 18.7. The molecule has 1 saturated heterocycles. The molecule has 1 fully saturated rings. The molecule has 0 saturated carbocycles. The van der Waals surface area contributed by atoms with E-state index < -0.39 is 10.0 Å². The van der Waals surface area contributed by atoms with Crippen molar-refractivity contribution in [1.82, 2.24) is 24.4 Å². The molecule has 1 unspecified atom stereocenters. The summed E-state index contributed by atoms with van der Waals surface area (Å²) in [6.45, 7) is 1.03. The van der Waals surface area contributed by atoms with Crippen LogP contribution in [0.4, 0.5) is 0 Å². The summed E-state index contributed by atoms with van der Waals surface area (Å²) < 4.78 is 32.5. The molecule has 0 spiro atoms. The van der Waals surface area contributed by atoms with Crippen LogP contribution in [0.15, 0.2) is 53.4 Å². The number of hydrogen-bond donors (Lipinski definition) is 0. The Labute approximate surface area is 163 Å².